The Kier molecular flexibility index (Phi) is 11.2. The lowest BCUT2D eigenvalue weighted by molar-refractivity contribution is -0.149. The van der Waals surface area contributed by atoms with Crippen molar-refractivity contribution in [3.63, 3.8) is 0 Å². The molecule has 0 amide bonds. The highest BCUT2D eigenvalue weighted by atomic mass is 16.6. The van der Waals surface area contributed by atoms with E-state index in [9.17, 15) is 19.2 Å². The molecule has 0 saturated carbocycles. The Hall–Kier alpha value is -2.96. The van der Waals surface area contributed by atoms with Gasteiger partial charge in [-0.3, -0.25) is 19.2 Å². The highest BCUT2D eigenvalue weighted by Crippen LogP contribution is 2.34. The summed E-state index contributed by atoms with van der Waals surface area (Å²) in [4.78, 5) is 46.2. The van der Waals surface area contributed by atoms with Gasteiger partial charge in [-0.15, -0.1) is 0 Å². The number of esters is 2. The Morgan fingerprint density at radius 2 is 1.90 bits per heavy atom. The van der Waals surface area contributed by atoms with Crippen molar-refractivity contribution >= 4 is 23.7 Å². The van der Waals surface area contributed by atoms with E-state index in [0.29, 0.717) is 6.42 Å². The third-order valence-corrected chi connectivity index (χ3v) is 4.66. The molecule has 0 aromatic carbocycles. The van der Waals surface area contributed by atoms with E-state index in [1.165, 1.54) is 38.2 Å². The van der Waals surface area contributed by atoms with Gasteiger partial charge in [-0.2, -0.15) is 0 Å². The Morgan fingerprint density at radius 3 is 2.52 bits per heavy atom. The SMILES string of the molecule is CCCCC/C=C\C[C@@]1(OC(C)=O)C=CC(=O)/C1=C/C=C/[C@@H](CCC(=O)O)OC(C)=O. The van der Waals surface area contributed by atoms with Gasteiger partial charge in [0.2, 0.25) is 0 Å². The first-order valence-corrected chi connectivity index (χ1v) is 10.6. The Labute approximate surface area is 183 Å². The molecule has 7 heteroatoms. The maximum atomic E-state index is 12.4. The summed E-state index contributed by atoms with van der Waals surface area (Å²) in [6.07, 6.45) is 15.2. The van der Waals surface area contributed by atoms with Gasteiger partial charge in [-0.05, 0) is 37.5 Å². The average molecular weight is 433 g/mol. The van der Waals surface area contributed by atoms with Gasteiger partial charge in [-0.1, -0.05) is 44.1 Å². The van der Waals surface area contributed by atoms with Gasteiger partial charge in [0.15, 0.2) is 11.4 Å². The molecule has 0 bridgehead atoms. The molecule has 0 aromatic rings. The molecule has 0 aromatic heterocycles. The number of rotatable bonds is 13. The highest BCUT2D eigenvalue weighted by molar-refractivity contribution is 6.09. The van der Waals surface area contributed by atoms with Crippen molar-refractivity contribution in [1.29, 1.82) is 0 Å². The molecule has 7 nitrogen and oxygen atoms in total. The molecule has 170 valence electrons. The van der Waals surface area contributed by atoms with Crippen molar-refractivity contribution < 1.29 is 33.8 Å². The van der Waals surface area contributed by atoms with Crippen LogP contribution in [0.2, 0.25) is 0 Å². The Balaban J connectivity index is 3.03. The number of hydrogen-bond acceptors (Lipinski definition) is 6. The minimum absolute atomic E-state index is 0.108. The zero-order chi connectivity index (χ0) is 23.3. The number of carboxylic acid groups (broad SMARTS) is 1. The minimum Gasteiger partial charge on any atom is -0.481 e. The van der Waals surface area contributed by atoms with Gasteiger partial charge in [0.25, 0.3) is 0 Å². The molecule has 0 aliphatic heterocycles. The number of aliphatic carboxylic acids is 1. The summed E-state index contributed by atoms with van der Waals surface area (Å²) in [6.45, 7) is 4.66. The lowest BCUT2D eigenvalue weighted by Gasteiger charge is -2.27. The summed E-state index contributed by atoms with van der Waals surface area (Å²) in [6, 6.07) is 0. The van der Waals surface area contributed by atoms with E-state index in [-0.39, 0.29) is 24.2 Å². The zero-order valence-corrected chi connectivity index (χ0v) is 18.5. The number of carbonyl (C=O) groups is 4. The molecule has 1 aliphatic carbocycles. The van der Waals surface area contributed by atoms with Gasteiger partial charge in [0.1, 0.15) is 6.10 Å². The first-order chi connectivity index (χ1) is 14.7. The van der Waals surface area contributed by atoms with Crippen molar-refractivity contribution in [3.8, 4) is 0 Å². The molecule has 1 rings (SSSR count). The van der Waals surface area contributed by atoms with E-state index in [1.54, 1.807) is 6.08 Å². The van der Waals surface area contributed by atoms with Crippen LogP contribution in [0.15, 0.2) is 48.1 Å². The van der Waals surface area contributed by atoms with Crippen LogP contribution in [0.25, 0.3) is 0 Å². The minimum atomic E-state index is -1.19. The summed E-state index contributed by atoms with van der Waals surface area (Å²) in [5, 5.41) is 8.85. The maximum Gasteiger partial charge on any atom is 0.303 e. The van der Waals surface area contributed by atoms with Gasteiger partial charge in [0.05, 0.1) is 0 Å². The summed E-state index contributed by atoms with van der Waals surface area (Å²) in [7, 11) is 0. The van der Waals surface area contributed by atoms with Crippen LogP contribution >= 0.6 is 0 Å². The molecule has 0 unspecified atom stereocenters. The van der Waals surface area contributed by atoms with Gasteiger partial charge in [0, 0.05) is 32.3 Å². The number of allylic oxidation sites excluding steroid dienone is 4. The van der Waals surface area contributed by atoms with Gasteiger partial charge >= 0.3 is 17.9 Å². The summed E-state index contributed by atoms with van der Waals surface area (Å²) in [5.74, 6) is -2.32. The molecule has 0 radical (unpaired) electrons. The second kappa shape index (κ2) is 13.4. The summed E-state index contributed by atoms with van der Waals surface area (Å²) < 4.78 is 10.7. The first kappa shape index (κ1) is 26.1. The molecule has 0 saturated heterocycles. The molecule has 2 atom stereocenters. The second-order valence-electron chi connectivity index (χ2n) is 7.40. The third-order valence-electron chi connectivity index (χ3n) is 4.66. The molecule has 0 heterocycles. The third kappa shape index (κ3) is 9.59. The maximum absolute atomic E-state index is 12.4. The number of ketones is 1. The average Bonchev–Trinajstić information content (AvgIpc) is 2.97. The summed E-state index contributed by atoms with van der Waals surface area (Å²) >= 11 is 0. The van der Waals surface area contributed by atoms with E-state index in [2.05, 4.69) is 6.92 Å². The van der Waals surface area contributed by atoms with Crippen molar-refractivity contribution in [2.45, 2.75) is 77.4 Å². The van der Waals surface area contributed by atoms with E-state index >= 15 is 0 Å². The monoisotopic (exact) mass is 432 g/mol. The van der Waals surface area contributed by atoms with Crippen LogP contribution in [0.5, 0.6) is 0 Å². The fourth-order valence-corrected chi connectivity index (χ4v) is 3.22. The normalized spacial score (nSPS) is 20.6. The molecule has 1 aliphatic rings. The molecule has 31 heavy (non-hydrogen) atoms. The smallest absolute Gasteiger partial charge is 0.303 e. The fraction of sp³-hybridized carbons (Fsp3) is 0.500. The molecule has 0 spiro atoms. The molecule has 1 N–H and O–H groups in total. The lowest BCUT2D eigenvalue weighted by Crippen LogP contribution is -2.33. The quantitative estimate of drug-likeness (QED) is 0.201. The number of ether oxygens (including phenoxy) is 2. The molecular formula is C24H32O7. The Morgan fingerprint density at radius 1 is 1.16 bits per heavy atom. The van der Waals surface area contributed by atoms with E-state index in [1.807, 2.05) is 12.2 Å². The molecule has 0 fully saturated rings. The van der Waals surface area contributed by atoms with Crippen LogP contribution in [0.4, 0.5) is 0 Å². The largest absolute Gasteiger partial charge is 0.481 e. The fourth-order valence-electron chi connectivity index (χ4n) is 3.22. The lowest BCUT2D eigenvalue weighted by atomic mass is 9.91. The van der Waals surface area contributed by atoms with Crippen LogP contribution in [0.1, 0.15) is 65.7 Å². The number of carbonyl (C=O) groups excluding carboxylic acids is 3. The van der Waals surface area contributed by atoms with Crippen LogP contribution in [0.3, 0.4) is 0 Å². The number of hydrogen-bond donors (Lipinski definition) is 1. The van der Waals surface area contributed by atoms with Crippen LogP contribution in [-0.4, -0.2) is 40.5 Å². The summed E-state index contributed by atoms with van der Waals surface area (Å²) in [5.41, 5.74) is -0.899. The zero-order valence-electron chi connectivity index (χ0n) is 18.5. The van der Waals surface area contributed by atoms with Crippen LogP contribution in [-0.2, 0) is 28.7 Å². The molecular weight excluding hydrogens is 400 g/mol. The van der Waals surface area contributed by atoms with Gasteiger partial charge < -0.3 is 14.6 Å². The van der Waals surface area contributed by atoms with E-state index in [4.69, 9.17) is 14.6 Å². The second-order valence-corrected chi connectivity index (χ2v) is 7.40. The number of carboxylic acids is 1. The topological polar surface area (TPSA) is 107 Å². The van der Waals surface area contributed by atoms with E-state index < -0.39 is 29.6 Å². The highest BCUT2D eigenvalue weighted by Gasteiger charge is 2.41. The van der Waals surface area contributed by atoms with Crippen molar-refractivity contribution in [1.82, 2.24) is 0 Å². The standard InChI is InChI=1S/C24H32O7/c1-4-5-6-7-8-9-16-24(31-19(3)26)17-15-22(27)21(24)12-10-11-20(30-18(2)25)13-14-23(28)29/h8-12,15,17,20H,4-7,13-14,16H2,1-3H3,(H,28,29)/b9-8-,11-10+,21-12-/t20-,24+/m0/s1. The first-order valence-electron chi connectivity index (χ1n) is 10.6. The van der Waals surface area contributed by atoms with Crippen molar-refractivity contribution in [2.24, 2.45) is 0 Å². The van der Waals surface area contributed by atoms with Crippen LogP contribution < -0.4 is 0 Å². The van der Waals surface area contributed by atoms with Crippen LogP contribution in [0, 0.1) is 0 Å². The van der Waals surface area contributed by atoms with E-state index in [0.717, 1.165) is 25.7 Å². The van der Waals surface area contributed by atoms with Gasteiger partial charge in [-0.25, -0.2) is 0 Å². The van der Waals surface area contributed by atoms with Crippen molar-refractivity contribution in [2.75, 3.05) is 0 Å². The number of unbranched alkanes of at least 4 members (excludes halogenated alkanes) is 3. The predicted molar refractivity (Wildman–Crippen MR) is 116 cm³/mol. The Bertz CT molecular complexity index is 773. The van der Waals surface area contributed by atoms with Crippen molar-refractivity contribution in [3.05, 3.63) is 48.1 Å². The predicted octanol–water partition coefficient (Wildman–Crippen LogP) is 4.23.